The van der Waals surface area contributed by atoms with Crippen LogP contribution in [-0.2, 0) is 4.79 Å². The molecule has 0 aromatic heterocycles. The summed E-state index contributed by atoms with van der Waals surface area (Å²) in [6.07, 6.45) is 2.12. The first kappa shape index (κ1) is 16.4. The fraction of sp³-hybridized carbons (Fsp3) is 0.200. The third-order valence-corrected chi connectivity index (χ3v) is 5.37. The first-order chi connectivity index (χ1) is 11.8. The molecule has 4 rings (SSSR count). The fourth-order valence-corrected chi connectivity index (χ4v) is 3.92. The van der Waals surface area contributed by atoms with Crippen LogP contribution in [0.25, 0.3) is 5.57 Å². The zero-order valence-corrected chi connectivity index (χ0v) is 15.6. The third kappa shape index (κ3) is 2.42. The third-order valence-electron chi connectivity index (χ3n) is 4.64. The maximum absolute atomic E-state index is 13.2. The Labute approximate surface area is 156 Å². The number of rotatable bonds is 1. The molecule has 25 heavy (non-hydrogen) atoms. The van der Waals surface area contributed by atoms with Crippen LogP contribution < -0.4 is 4.90 Å². The van der Waals surface area contributed by atoms with E-state index < -0.39 is 5.54 Å². The molecule has 2 aromatic rings. The topological polar surface area (TPSA) is 32.7 Å². The number of aliphatic imine (C=N–C) groups is 1. The molecule has 0 unspecified atom stereocenters. The van der Waals surface area contributed by atoms with Gasteiger partial charge in [0.1, 0.15) is 5.71 Å². The van der Waals surface area contributed by atoms with Crippen LogP contribution in [0.2, 0.25) is 10.0 Å². The average molecular weight is 371 g/mol. The van der Waals surface area contributed by atoms with Gasteiger partial charge in [-0.05, 0) is 44.5 Å². The number of nitrogens with zero attached hydrogens (tertiary/aromatic N) is 2. The van der Waals surface area contributed by atoms with Crippen LogP contribution in [0.3, 0.4) is 0 Å². The summed E-state index contributed by atoms with van der Waals surface area (Å²) in [5.41, 5.74) is 4.68. The van der Waals surface area contributed by atoms with Crippen molar-refractivity contribution in [2.75, 3.05) is 4.90 Å². The lowest BCUT2D eigenvalue weighted by atomic mass is 9.89. The lowest BCUT2D eigenvalue weighted by Gasteiger charge is -2.38. The van der Waals surface area contributed by atoms with Crippen LogP contribution in [0.1, 0.15) is 31.9 Å². The van der Waals surface area contributed by atoms with Gasteiger partial charge in [-0.15, -0.1) is 0 Å². The number of benzene rings is 2. The van der Waals surface area contributed by atoms with Crippen molar-refractivity contribution in [2.24, 2.45) is 4.99 Å². The van der Waals surface area contributed by atoms with Gasteiger partial charge in [0.15, 0.2) is 0 Å². The summed E-state index contributed by atoms with van der Waals surface area (Å²) in [5, 5.41) is 0.883. The minimum Gasteiger partial charge on any atom is -0.297 e. The van der Waals surface area contributed by atoms with Gasteiger partial charge in [0.25, 0.3) is 5.91 Å². The summed E-state index contributed by atoms with van der Waals surface area (Å²) in [6.45, 7) is 6.15. The summed E-state index contributed by atoms with van der Waals surface area (Å²) in [6, 6.07) is 11.1. The SMILES string of the molecule is CC1=CC(C)(C)N2C(=O)C(=Nc3ccc(Cl)c(Cl)c3)c3cccc1c32. The van der Waals surface area contributed by atoms with E-state index in [-0.39, 0.29) is 5.91 Å². The molecule has 0 fully saturated rings. The van der Waals surface area contributed by atoms with E-state index in [1.807, 2.05) is 36.9 Å². The minimum absolute atomic E-state index is 0.0951. The van der Waals surface area contributed by atoms with Crippen molar-refractivity contribution >= 4 is 51.8 Å². The Balaban J connectivity index is 1.94. The molecule has 0 radical (unpaired) electrons. The molecule has 0 N–H and O–H groups in total. The molecule has 5 heteroatoms. The smallest absolute Gasteiger partial charge is 0.278 e. The van der Waals surface area contributed by atoms with E-state index in [1.54, 1.807) is 18.2 Å². The van der Waals surface area contributed by atoms with Crippen molar-refractivity contribution in [2.45, 2.75) is 26.3 Å². The van der Waals surface area contributed by atoms with Crippen molar-refractivity contribution < 1.29 is 4.79 Å². The number of hydrogen-bond donors (Lipinski definition) is 0. The lowest BCUT2D eigenvalue weighted by Crippen LogP contribution is -2.47. The minimum atomic E-state index is -0.404. The predicted molar refractivity (Wildman–Crippen MR) is 104 cm³/mol. The zero-order valence-electron chi connectivity index (χ0n) is 14.1. The van der Waals surface area contributed by atoms with E-state index >= 15 is 0 Å². The Hall–Kier alpha value is -2.10. The van der Waals surface area contributed by atoms with Gasteiger partial charge in [-0.3, -0.25) is 9.69 Å². The molecular weight excluding hydrogens is 355 g/mol. The van der Waals surface area contributed by atoms with Crippen molar-refractivity contribution in [3.05, 3.63) is 63.6 Å². The molecule has 0 aliphatic carbocycles. The Morgan fingerprint density at radius 1 is 1.04 bits per heavy atom. The average Bonchev–Trinajstić information content (AvgIpc) is 2.82. The highest BCUT2D eigenvalue weighted by Crippen LogP contribution is 2.45. The molecule has 3 nitrogen and oxygen atoms in total. The first-order valence-electron chi connectivity index (χ1n) is 8.01. The molecule has 2 aromatic carbocycles. The molecule has 0 saturated heterocycles. The second kappa shape index (κ2) is 5.45. The normalized spacial score (nSPS) is 19.2. The van der Waals surface area contributed by atoms with Crippen LogP contribution in [0.5, 0.6) is 0 Å². The van der Waals surface area contributed by atoms with Gasteiger partial charge in [-0.2, -0.15) is 0 Å². The monoisotopic (exact) mass is 370 g/mol. The van der Waals surface area contributed by atoms with Crippen molar-refractivity contribution in [3.63, 3.8) is 0 Å². The number of carbonyl (C=O) groups excluding carboxylic acids is 1. The molecule has 2 aliphatic rings. The fourth-order valence-electron chi connectivity index (χ4n) is 3.63. The van der Waals surface area contributed by atoms with E-state index in [2.05, 4.69) is 18.0 Å². The highest BCUT2D eigenvalue weighted by Gasteiger charge is 2.45. The van der Waals surface area contributed by atoms with Gasteiger partial charge in [0.2, 0.25) is 0 Å². The first-order valence-corrected chi connectivity index (χ1v) is 8.77. The van der Waals surface area contributed by atoms with Crippen molar-refractivity contribution in [1.29, 1.82) is 0 Å². The number of halogens is 2. The Morgan fingerprint density at radius 2 is 1.76 bits per heavy atom. The van der Waals surface area contributed by atoms with Gasteiger partial charge < -0.3 is 0 Å². The lowest BCUT2D eigenvalue weighted by molar-refractivity contribution is -0.112. The highest BCUT2D eigenvalue weighted by molar-refractivity contribution is 6.55. The number of amides is 1. The van der Waals surface area contributed by atoms with E-state index in [0.29, 0.717) is 21.4 Å². The Kier molecular flexibility index (Phi) is 3.57. The van der Waals surface area contributed by atoms with E-state index in [0.717, 1.165) is 16.8 Å². The number of hydrogen-bond acceptors (Lipinski definition) is 2. The molecule has 0 saturated carbocycles. The molecule has 1 amide bonds. The predicted octanol–water partition coefficient (Wildman–Crippen LogP) is 5.66. The molecule has 126 valence electrons. The van der Waals surface area contributed by atoms with E-state index in [1.165, 1.54) is 5.57 Å². The summed E-state index contributed by atoms with van der Waals surface area (Å²) >= 11 is 12.1. The van der Waals surface area contributed by atoms with Crippen LogP contribution in [-0.4, -0.2) is 17.2 Å². The summed E-state index contributed by atoms with van der Waals surface area (Å²) < 4.78 is 0. The molecule has 0 bridgehead atoms. The zero-order chi connectivity index (χ0) is 17.9. The van der Waals surface area contributed by atoms with Crippen LogP contribution in [0.4, 0.5) is 11.4 Å². The molecule has 0 spiro atoms. The second-order valence-corrected chi connectivity index (χ2v) is 7.70. The largest absolute Gasteiger partial charge is 0.297 e. The van der Waals surface area contributed by atoms with Gasteiger partial charge >= 0.3 is 0 Å². The van der Waals surface area contributed by atoms with Crippen LogP contribution in [0, 0.1) is 0 Å². The molecular formula is C20H16Cl2N2O. The molecule has 2 aliphatic heterocycles. The van der Waals surface area contributed by atoms with E-state index in [4.69, 9.17) is 23.2 Å². The summed E-state index contributed by atoms with van der Waals surface area (Å²) in [4.78, 5) is 19.6. The molecule has 2 heterocycles. The Bertz CT molecular complexity index is 989. The summed E-state index contributed by atoms with van der Waals surface area (Å²) in [7, 11) is 0. The maximum Gasteiger partial charge on any atom is 0.278 e. The standard InChI is InChI=1S/C20H16Cl2N2O/c1-11-10-20(2,3)24-18-13(11)5-4-6-14(18)17(19(24)25)23-12-7-8-15(21)16(22)9-12/h4-10H,1-3H3. The highest BCUT2D eigenvalue weighted by atomic mass is 35.5. The number of para-hydroxylation sites is 1. The van der Waals surface area contributed by atoms with Crippen LogP contribution >= 0.6 is 23.2 Å². The molecule has 0 atom stereocenters. The number of anilines is 1. The Morgan fingerprint density at radius 3 is 2.48 bits per heavy atom. The second-order valence-electron chi connectivity index (χ2n) is 6.88. The number of allylic oxidation sites excluding steroid dienone is 1. The van der Waals surface area contributed by atoms with Crippen LogP contribution in [0.15, 0.2) is 47.5 Å². The number of carbonyl (C=O) groups is 1. The van der Waals surface area contributed by atoms with Gasteiger partial charge in [-0.1, -0.05) is 47.5 Å². The van der Waals surface area contributed by atoms with Gasteiger partial charge in [0, 0.05) is 11.1 Å². The summed E-state index contributed by atoms with van der Waals surface area (Å²) in [5.74, 6) is -0.0951. The quantitative estimate of drug-likeness (QED) is 0.637. The van der Waals surface area contributed by atoms with Gasteiger partial charge in [0.05, 0.1) is 27.0 Å². The maximum atomic E-state index is 13.2. The van der Waals surface area contributed by atoms with E-state index in [9.17, 15) is 4.79 Å². The van der Waals surface area contributed by atoms with Crippen molar-refractivity contribution in [3.8, 4) is 0 Å². The van der Waals surface area contributed by atoms with Crippen molar-refractivity contribution in [1.82, 2.24) is 0 Å². The van der Waals surface area contributed by atoms with Gasteiger partial charge in [-0.25, -0.2) is 4.99 Å².